The van der Waals surface area contributed by atoms with Crippen LogP contribution < -0.4 is 10.6 Å². The number of carbonyl (C=O) groups excluding carboxylic acids is 2. The molecule has 0 radical (unpaired) electrons. The molecule has 142 valence electrons. The molecular formula is C22H20FN3O2. The predicted octanol–water partition coefficient (Wildman–Crippen LogP) is 4.33. The fourth-order valence-electron chi connectivity index (χ4n) is 2.69. The Morgan fingerprint density at radius 3 is 2.43 bits per heavy atom. The number of aromatic nitrogens is 1. The maximum Gasteiger partial charge on any atom is 0.257 e. The van der Waals surface area contributed by atoms with E-state index in [0.29, 0.717) is 41.0 Å². The maximum atomic E-state index is 13.6. The van der Waals surface area contributed by atoms with Gasteiger partial charge in [-0.2, -0.15) is 0 Å². The van der Waals surface area contributed by atoms with Gasteiger partial charge >= 0.3 is 0 Å². The van der Waals surface area contributed by atoms with Crippen LogP contribution in [0.1, 0.15) is 33.2 Å². The number of hydrogen-bond acceptors (Lipinski definition) is 4. The third-order valence-electron chi connectivity index (χ3n) is 4.23. The van der Waals surface area contributed by atoms with Gasteiger partial charge in [0.05, 0.1) is 11.3 Å². The first-order chi connectivity index (χ1) is 13.5. The zero-order valence-electron chi connectivity index (χ0n) is 15.4. The first kappa shape index (κ1) is 19.2. The highest BCUT2D eigenvalue weighted by atomic mass is 19.1. The number of carbonyl (C=O) groups is 2. The van der Waals surface area contributed by atoms with Crippen LogP contribution >= 0.6 is 0 Å². The third kappa shape index (κ3) is 5.01. The van der Waals surface area contributed by atoms with E-state index in [1.165, 1.54) is 19.2 Å². The number of amides is 1. The average molecular weight is 377 g/mol. The number of rotatable bonds is 7. The number of hydrogen-bond donors (Lipinski definition) is 2. The molecule has 2 N–H and O–H groups in total. The van der Waals surface area contributed by atoms with Gasteiger partial charge in [-0.3, -0.25) is 14.6 Å². The van der Waals surface area contributed by atoms with Crippen LogP contribution in [0.15, 0.2) is 67.0 Å². The molecule has 0 unspecified atom stereocenters. The van der Waals surface area contributed by atoms with Gasteiger partial charge in [0.2, 0.25) is 0 Å². The quantitative estimate of drug-likeness (QED) is 0.601. The SMILES string of the molecule is CC(=O)c1ccc(NC(=O)c2cncc(NCCc3ccccc3F)c2)cc1. The molecule has 0 atom stereocenters. The van der Waals surface area contributed by atoms with Crippen molar-refractivity contribution in [1.29, 1.82) is 0 Å². The van der Waals surface area contributed by atoms with Gasteiger partial charge < -0.3 is 10.6 Å². The molecule has 3 rings (SSSR count). The standard InChI is InChI=1S/C22H20FN3O2/c1-15(27)16-6-8-19(9-7-16)26-22(28)18-12-20(14-24-13-18)25-11-10-17-4-2-3-5-21(17)23/h2-9,12-14,25H,10-11H2,1H3,(H,26,28). The fourth-order valence-corrected chi connectivity index (χ4v) is 2.69. The molecule has 0 spiro atoms. The maximum absolute atomic E-state index is 13.6. The predicted molar refractivity (Wildman–Crippen MR) is 107 cm³/mol. The summed E-state index contributed by atoms with van der Waals surface area (Å²) in [4.78, 5) is 27.8. The summed E-state index contributed by atoms with van der Waals surface area (Å²) < 4.78 is 13.6. The summed E-state index contributed by atoms with van der Waals surface area (Å²) in [5.74, 6) is -0.566. The Bertz CT molecular complexity index is 987. The number of benzene rings is 2. The smallest absolute Gasteiger partial charge is 0.257 e. The molecule has 0 aliphatic carbocycles. The van der Waals surface area contributed by atoms with Crippen molar-refractivity contribution in [1.82, 2.24) is 4.98 Å². The van der Waals surface area contributed by atoms with E-state index < -0.39 is 0 Å². The first-order valence-corrected chi connectivity index (χ1v) is 8.87. The molecule has 0 bridgehead atoms. The number of halogens is 1. The minimum Gasteiger partial charge on any atom is -0.383 e. The van der Waals surface area contributed by atoms with Crippen LogP contribution in [0.25, 0.3) is 0 Å². The van der Waals surface area contributed by atoms with E-state index in [9.17, 15) is 14.0 Å². The number of nitrogens with zero attached hydrogens (tertiary/aromatic N) is 1. The van der Waals surface area contributed by atoms with E-state index in [-0.39, 0.29) is 17.5 Å². The van der Waals surface area contributed by atoms with E-state index in [0.717, 1.165) is 0 Å². The van der Waals surface area contributed by atoms with Crippen molar-refractivity contribution in [2.75, 3.05) is 17.2 Å². The van der Waals surface area contributed by atoms with Gasteiger partial charge in [-0.05, 0) is 55.3 Å². The van der Waals surface area contributed by atoms with E-state index in [1.807, 2.05) is 0 Å². The van der Waals surface area contributed by atoms with Crippen LogP contribution in [0.2, 0.25) is 0 Å². The molecule has 1 heterocycles. The molecule has 1 aromatic heterocycles. The van der Waals surface area contributed by atoms with Gasteiger partial charge in [0, 0.05) is 30.2 Å². The lowest BCUT2D eigenvalue weighted by atomic mass is 10.1. The molecular weight excluding hydrogens is 357 g/mol. The summed E-state index contributed by atoms with van der Waals surface area (Å²) in [7, 11) is 0. The summed E-state index contributed by atoms with van der Waals surface area (Å²) in [6, 6.07) is 15.0. The Hall–Kier alpha value is -3.54. The monoisotopic (exact) mass is 377 g/mol. The molecule has 0 saturated carbocycles. The summed E-state index contributed by atoms with van der Waals surface area (Å²) in [6.07, 6.45) is 3.60. The lowest BCUT2D eigenvalue weighted by Crippen LogP contribution is -2.13. The van der Waals surface area contributed by atoms with Gasteiger partial charge in [-0.25, -0.2) is 4.39 Å². The summed E-state index contributed by atoms with van der Waals surface area (Å²) in [5, 5.41) is 5.93. The van der Waals surface area contributed by atoms with Crippen molar-refractivity contribution in [3.8, 4) is 0 Å². The van der Waals surface area contributed by atoms with Crippen molar-refractivity contribution in [2.24, 2.45) is 0 Å². The second-order valence-electron chi connectivity index (χ2n) is 6.32. The van der Waals surface area contributed by atoms with Gasteiger partial charge in [0.25, 0.3) is 5.91 Å². The lowest BCUT2D eigenvalue weighted by Gasteiger charge is -2.09. The van der Waals surface area contributed by atoms with E-state index in [1.54, 1.807) is 54.7 Å². The molecule has 0 aliphatic rings. The number of nitrogens with one attached hydrogen (secondary N) is 2. The molecule has 0 saturated heterocycles. The summed E-state index contributed by atoms with van der Waals surface area (Å²) >= 11 is 0. The number of Topliss-reactive ketones (excluding diaryl/α,β-unsaturated/α-hetero) is 1. The van der Waals surface area contributed by atoms with Crippen molar-refractivity contribution >= 4 is 23.1 Å². The molecule has 1 amide bonds. The molecule has 0 aliphatic heterocycles. The van der Waals surface area contributed by atoms with Gasteiger partial charge in [0.1, 0.15) is 5.82 Å². The highest BCUT2D eigenvalue weighted by molar-refractivity contribution is 6.04. The highest BCUT2D eigenvalue weighted by Gasteiger charge is 2.08. The van der Waals surface area contributed by atoms with Crippen LogP contribution in [0.4, 0.5) is 15.8 Å². The van der Waals surface area contributed by atoms with Gasteiger partial charge in [0.15, 0.2) is 5.78 Å². The zero-order chi connectivity index (χ0) is 19.9. The Balaban J connectivity index is 1.59. The van der Waals surface area contributed by atoms with E-state index in [2.05, 4.69) is 15.6 Å². The van der Waals surface area contributed by atoms with Gasteiger partial charge in [-0.1, -0.05) is 18.2 Å². The molecule has 6 heteroatoms. The summed E-state index contributed by atoms with van der Waals surface area (Å²) in [5.41, 5.74) is 2.88. The molecule has 5 nitrogen and oxygen atoms in total. The highest BCUT2D eigenvalue weighted by Crippen LogP contribution is 2.14. The Labute approximate surface area is 162 Å². The van der Waals surface area contributed by atoms with Crippen molar-refractivity contribution < 1.29 is 14.0 Å². The summed E-state index contributed by atoms with van der Waals surface area (Å²) in [6.45, 7) is 2.00. The zero-order valence-corrected chi connectivity index (χ0v) is 15.4. The largest absolute Gasteiger partial charge is 0.383 e. The average Bonchev–Trinajstić information content (AvgIpc) is 2.70. The minimum atomic E-state index is -0.305. The van der Waals surface area contributed by atoms with Crippen LogP contribution in [-0.2, 0) is 6.42 Å². The molecule has 28 heavy (non-hydrogen) atoms. The number of anilines is 2. The van der Waals surface area contributed by atoms with Crippen LogP contribution in [0.5, 0.6) is 0 Å². The minimum absolute atomic E-state index is 0.0313. The molecule has 2 aromatic carbocycles. The van der Waals surface area contributed by atoms with Crippen molar-refractivity contribution in [3.63, 3.8) is 0 Å². The Morgan fingerprint density at radius 2 is 1.71 bits per heavy atom. The topological polar surface area (TPSA) is 71.1 Å². The Morgan fingerprint density at radius 1 is 0.964 bits per heavy atom. The van der Waals surface area contributed by atoms with E-state index >= 15 is 0 Å². The molecule has 3 aromatic rings. The first-order valence-electron chi connectivity index (χ1n) is 8.87. The van der Waals surface area contributed by atoms with Crippen molar-refractivity contribution in [2.45, 2.75) is 13.3 Å². The van der Waals surface area contributed by atoms with Crippen LogP contribution in [-0.4, -0.2) is 23.2 Å². The second-order valence-corrected chi connectivity index (χ2v) is 6.32. The molecule has 0 fully saturated rings. The fraction of sp³-hybridized carbons (Fsp3) is 0.136. The Kier molecular flexibility index (Phi) is 6.11. The van der Waals surface area contributed by atoms with Crippen LogP contribution in [0, 0.1) is 5.82 Å². The number of ketones is 1. The second kappa shape index (κ2) is 8.90. The van der Waals surface area contributed by atoms with Crippen LogP contribution in [0.3, 0.4) is 0 Å². The third-order valence-corrected chi connectivity index (χ3v) is 4.23. The number of pyridine rings is 1. The normalized spacial score (nSPS) is 10.4. The lowest BCUT2D eigenvalue weighted by molar-refractivity contribution is 0.101. The van der Waals surface area contributed by atoms with E-state index in [4.69, 9.17) is 0 Å². The van der Waals surface area contributed by atoms with Gasteiger partial charge in [-0.15, -0.1) is 0 Å². The van der Waals surface area contributed by atoms with Crippen molar-refractivity contribution in [3.05, 3.63) is 89.5 Å².